The highest BCUT2D eigenvalue weighted by atomic mass is 32.1. The van der Waals surface area contributed by atoms with Crippen LogP contribution in [0.4, 0.5) is 15.6 Å². The monoisotopic (exact) mass is 549 g/mol. The summed E-state index contributed by atoms with van der Waals surface area (Å²) in [6, 6.07) is 8.18. The fourth-order valence-corrected chi connectivity index (χ4v) is 7.19. The van der Waals surface area contributed by atoms with Crippen molar-refractivity contribution in [3.8, 4) is 0 Å². The average Bonchev–Trinajstić information content (AvgIpc) is 3.54. The Morgan fingerprint density at radius 1 is 1.18 bits per heavy atom. The summed E-state index contributed by atoms with van der Waals surface area (Å²) in [5.41, 5.74) is 4.72. The normalized spacial score (nSPS) is 19.4. The van der Waals surface area contributed by atoms with Gasteiger partial charge in [-0.2, -0.15) is 5.10 Å². The lowest BCUT2D eigenvalue weighted by atomic mass is 9.83. The summed E-state index contributed by atoms with van der Waals surface area (Å²) in [7, 11) is 1.63. The fraction of sp³-hybridized carbons (Fsp3) is 0.500. The number of H-pyrrole nitrogens is 1. The molecule has 3 aromatic rings. The summed E-state index contributed by atoms with van der Waals surface area (Å²) in [4.78, 5) is 38.4. The molecule has 0 atom stereocenters. The van der Waals surface area contributed by atoms with E-state index in [0.29, 0.717) is 30.2 Å². The first-order chi connectivity index (χ1) is 18.8. The van der Waals surface area contributed by atoms with Crippen molar-refractivity contribution in [2.24, 2.45) is 0 Å². The number of para-hydroxylation sites is 1. The van der Waals surface area contributed by atoms with Crippen LogP contribution in [0.1, 0.15) is 58.9 Å². The van der Waals surface area contributed by atoms with Crippen LogP contribution in [0.5, 0.6) is 0 Å². The number of carbonyl (C=O) groups excluding carboxylic acids is 2. The molecule has 11 heteroatoms. The van der Waals surface area contributed by atoms with Crippen LogP contribution in [0.2, 0.25) is 0 Å². The van der Waals surface area contributed by atoms with E-state index < -0.39 is 0 Å². The Hall–Kier alpha value is -3.44. The molecule has 1 fully saturated rings. The number of rotatable bonds is 5. The van der Waals surface area contributed by atoms with E-state index in [9.17, 15) is 9.59 Å². The summed E-state index contributed by atoms with van der Waals surface area (Å²) >= 11 is 1.45. The van der Waals surface area contributed by atoms with Gasteiger partial charge in [0, 0.05) is 68.2 Å². The maximum absolute atomic E-state index is 13.8. The zero-order valence-electron chi connectivity index (χ0n) is 22.7. The van der Waals surface area contributed by atoms with Crippen LogP contribution in [0.3, 0.4) is 0 Å². The number of methoxy groups -OCH3 is 1. The highest BCUT2D eigenvalue weighted by molar-refractivity contribution is 7.17. The standard InChI is InChI=1S/C28H35N7O3S/c1-28(2)17-34(15-19-14-29-32-24(19)28)25(36)23-22(16-38-3)31-27(39-23)33-11-9-20(10-12-33)35-13-8-18-6-4-5-7-21(18)30-26(35)37/h4-7,14,20H,8-13,15-17H2,1-3H3,(H,29,32)(H,30,37). The Labute approximate surface area is 232 Å². The molecule has 0 saturated carbocycles. The number of urea groups is 1. The van der Waals surface area contributed by atoms with Crippen LogP contribution < -0.4 is 10.2 Å². The second-order valence-corrected chi connectivity index (χ2v) is 12.2. The Bertz CT molecular complexity index is 1370. The topological polar surface area (TPSA) is 107 Å². The van der Waals surface area contributed by atoms with Gasteiger partial charge in [-0.3, -0.25) is 9.89 Å². The van der Waals surface area contributed by atoms with Crippen molar-refractivity contribution in [1.82, 2.24) is 25.0 Å². The molecule has 1 saturated heterocycles. The molecule has 0 radical (unpaired) electrons. The lowest BCUT2D eigenvalue weighted by molar-refractivity contribution is 0.0684. The number of thiazole rings is 1. The SMILES string of the molecule is COCc1nc(N2CCC(N3CCc4ccccc4NC3=O)CC2)sc1C(=O)N1Cc2cn[nH]c2C(C)(C)C1. The van der Waals surface area contributed by atoms with Crippen LogP contribution in [-0.2, 0) is 29.7 Å². The number of nitrogens with one attached hydrogen (secondary N) is 2. The van der Waals surface area contributed by atoms with Crippen molar-refractivity contribution in [3.63, 3.8) is 0 Å². The van der Waals surface area contributed by atoms with Crippen molar-refractivity contribution in [2.45, 2.75) is 57.7 Å². The Morgan fingerprint density at radius 2 is 1.97 bits per heavy atom. The smallest absolute Gasteiger partial charge is 0.322 e. The number of fused-ring (bicyclic) bond motifs is 2. The van der Waals surface area contributed by atoms with Gasteiger partial charge in [-0.25, -0.2) is 9.78 Å². The maximum atomic E-state index is 13.8. The summed E-state index contributed by atoms with van der Waals surface area (Å²) in [5.74, 6) is -0.0126. The van der Waals surface area contributed by atoms with E-state index in [1.165, 1.54) is 16.9 Å². The second kappa shape index (κ2) is 10.3. The van der Waals surface area contributed by atoms with E-state index >= 15 is 0 Å². The molecule has 206 valence electrons. The van der Waals surface area contributed by atoms with Gasteiger partial charge >= 0.3 is 6.03 Å². The molecule has 3 aliphatic heterocycles. The van der Waals surface area contributed by atoms with E-state index in [-0.39, 0.29) is 30.0 Å². The lowest BCUT2D eigenvalue weighted by Gasteiger charge is -2.38. The van der Waals surface area contributed by atoms with Crippen molar-refractivity contribution in [2.75, 3.05) is 43.5 Å². The van der Waals surface area contributed by atoms with Crippen molar-refractivity contribution < 1.29 is 14.3 Å². The highest BCUT2D eigenvalue weighted by Crippen LogP contribution is 2.36. The lowest BCUT2D eigenvalue weighted by Crippen LogP contribution is -2.48. The third-order valence-corrected chi connectivity index (χ3v) is 9.25. The third kappa shape index (κ3) is 4.89. The first-order valence-electron chi connectivity index (χ1n) is 13.5. The number of aromatic amines is 1. The predicted molar refractivity (Wildman–Crippen MR) is 150 cm³/mol. The summed E-state index contributed by atoms with van der Waals surface area (Å²) in [6.45, 7) is 7.96. The van der Waals surface area contributed by atoms with Gasteiger partial charge in [-0.05, 0) is 30.9 Å². The van der Waals surface area contributed by atoms with E-state index in [1.54, 1.807) is 7.11 Å². The Balaban J connectivity index is 1.15. The molecule has 0 bridgehead atoms. The molecule has 2 aromatic heterocycles. The molecule has 3 aliphatic rings. The van der Waals surface area contributed by atoms with Gasteiger partial charge in [0.05, 0.1) is 18.5 Å². The number of carbonyl (C=O) groups is 2. The summed E-state index contributed by atoms with van der Waals surface area (Å²) < 4.78 is 5.43. The second-order valence-electron chi connectivity index (χ2n) is 11.3. The average molecular weight is 550 g/mol. The largest absolute Gasteiger partial charge is 0.378 e. The van der Waals surface area contributed by atoms with Crippen LogP contribution in [0.25, 0.3) is 0 Å². The number of hydrogen-bond donors (Lipinski definition) is 2. The predicted octanol–water partition coefficient (Wildman–Crippen LogP) is 4.01. The minimum absolute atomic E-state index is 0.0126. The Kier molecular flexibility index (Phi) is 6.80. The van der Waals surface area contributed by atoms with Gasteiger partial charge in [0.2, 0.25) is 0 Å². The van der Waals surface area contributed by atoms with Crippen LogP contribution in [0, 0.1) is 0 Å². The zero-order valence-corrected chi connectivity index (χ0v) is 23.5. The van der Waals surface area contributed by atoms with Gasteiger partial charge < -0.3 is 24.8 Å². The summed E-state index contributed by atoms with van der Waals surface area (Å²) in [5, 5.41) is 11.3. The molecule has 2 N–H and O–H groups in total. The zero-order chi connectivity index (χ0) is 27.1. The third-order valence-electron chi connectivity index (χ3n) is 8.11. The Morgan fingerprint density at radius 3 is 2.77 bits per heavy atom. The first kappa shape index (κ1) is 25.8. The minimum Gasteiger partial charge on any atom is -0.378 e. The van der Waals surface area contributed by atoms with Crippen LogP contribution >= 0.6 is 11.3 Å². The van der Waals surface area contributed by atoms with E-state index in [1.807, 2.05) is 34.2 Å². The molecule has 0 unspecified atom stereocenters. The summed E-state index contributed by atoms with van der Waals surface area (Å²) in [6.07, 6.45) is 4.38. The number of anilines is 2. The molecule has 5 heterocycles. The number of ether oxygens (including phenoxy) is 1. The molecule has 1 aromatic carbocycles. The number of amides is 3. The van der Waals surface area contributed by atoms with Gasteiger partial charge in [0.25, 0.3) is 5.91 Å². The first-order valence-corrected chi connectivity index (χ1v) is 14.4. The number of hydrogen-bond acceptors (Lipinski definition) is 7. The van der Waals surface area contributed by atoms with E-state index in [2.05, 4.69) is 40.3 Å². The molecular weight excluding hydrogens is 514 g/mol. The molecule has 3 amide bonds. The van der Waals surface area contributed by atoms with Gasteiger partial charge in [0.1, 0.15) is 4.88 Å². The van der Waals surface area contributed by atoms with Crippen molar-refractivity contribution >= 4 is 34.1 Å². The van der Waals surface area contributed by atoms with Gasteiger partial charge in [-0.1, -0.05) is 43.4 Å². The molecule has 10 nitrogen and oxygen atoms in total. The molecule has 0 spiro atoms. The minimum atomic E-state index is -0.211. The molecule has 6 rings (SSSR count). The molecule has 39 heavy (non-hydrogen) atoms. The fourth-order valence-electron chi connectivity index (χ4n) is 6.10. The van der Waals surface area contributed by atoms with Crippen LogP contribution in [0.15, 0.2) is 30.5 Å². The number of nitrogens with zero attached hydrogens (tertiary/aromatic N) is 5. The molecular formula is C28H35N7O3S. The van der Waals surface area contributed by atoms with Gasteiger partial charge in [0.15, 0.2) is 5.13 Å². The molecule has 0 aliphatic carbocycles. The van der Waals surface area contributed by atoms with Crippen LogP contribution in [-0.4, -0.2) is 76.3 Å². The van der Waals surface area contributed by atoms with E-state index in [4.69, 9.17) is 9.72 Å². The quantitative estimate of drug-likeness (QED) is 0.498. The highest BCUT2D eigenvalue weighted by Gasteiger charge is 2.38. The van der Waals surface area contributed by atoms with Crippen molar-refractivity contribution in [1.29, 1.82) is 0 Å². The number of piperidine rings is 1. The van der Waals surface area contributed by atoms with E-state index in [0.717, 1.165) is 54.4 Å². The van der Waals surface area contributed by atoms with Crippen molar-refractivity contribution in [3.05, 3.63) is 57.9 Å². The number of aromatic nitrogens is 3. The number of benzene rings is 1. The maximum Gasteiger partial charge on any atom is 0.322 e. The van der Waals surface area contributed by atoms with Gasteiger partial charge in [-0.15, -0.1) is 0 Å².